The Balaban J connectivity index is 1.55. The summed E-state index contributed by atoms with van der Waals surface area (Å²) in [4.78, 5) is 39.0. The van der Waals surface area contributed by atoms with E-state index in [-0.39, 0.29) is 23.9 Å². The molecule has 8 nitrogen and oxygen atoms in total. The second-order valence-corrected chi connectivity index (χ2v) is 7.44. The molecule has 4 amide bonds. The molecule has 1 aromatic carbocycles. The summed E-state index contributed by atoms with van der Waals surface area (Å²) in [6.45, 7) is 2.98. The Morgan fingerprint density at radius 3 is 2.89 bits per heavy atom. The number of fused-ring (bicyclic) bond motifs is 1. The van der Waals surface area contributed by atoms with Crippen LogP contribution in [0.15, 0.2) is 24.3 Å². The highest BCUT2D eigenvalue weighted by Crippen LogP contribution is 2.24. The fraction of sp³-hybridized carbons (Fsp3) is 0.550. The minimum absolute atomic E-state index is 0.0676. The van der Waals surface area contributed by atoms with Gasteiger partial charge in [-0.25, -0.2) is 4.79 Å². The lowest BCUT2D eigenvalue weighted by Crippen LogP contribution is -2.61. The zero-order valence-electron chi connectivity index (χ0n) is 16.2. The highest BCUT2D eigenvalue weighted by Gasteiger charge is 2.46. The predicted octanol–water partition coefficient (Wildman–Crippen LogP) is 0.967. The number of carbonyl (C=O) groups is 3. The highest BCUT2D eigenvalue weighted by atomic mass is 16.2. The summed E-state index contributed by atoms with van der Waals surface area (Å²) in [5.74, 6) is -0.209. The third-order valence-electron chi connectivity index (χ3n) is 5.38. The molecule has 0 aliphatic carbocycles. The molecule has 2 aliphatic heterocycles. The molecule has 0 radical (unpaired) electrons. The lowest BCUT2D eigenvalue weighted by Gasteiger charge is -2.34. The van der Waals surface area contributed by atoms with E-state index in [0.717, 1.165) is 30.5 Å². The van der Waals surface area contributed by atoms with Crippen molar-refractivity contribution in [2.45, 2.75) is 57.2 Å². The molecule has 2 aliphatic rings. The van der Waals surface area contributed by atoms with E-state index in [9.17, 15) is 14.4 Å². The van der Waals surface area contributed by atoms with Gasteiger partial charge < -0.3 is 26.6 Å². The first-order valence-corrected chi connectivity index (χ1v) is 9.99. The molecule has 2 heterocycles. The molecule has 0 bridgehead atoms. The molecule has 3 rings (SSSR count). The molecule has 0 saturated carbocycles. The molecule has 8 heteroatoms. The zero-order chi connectivity index (χ0) is 20.1. The quantitative estimate of drug-likeness (QED) is 0.522. The number of hydrogen-bond donors (Lipinski definition) is 4. The number of nitrogens with zero attached hydrogens (tertiary/aromatic N) is 1. The number of aryl methyl sites for hydroxylation is 1. The number of amides is 4. The van der Waals surface area contributed by atoms with Gasteiger partial charge in [-0.3, -0.25) is 9.59 Å². The van der Waals surface area contributed by atoms with Crippen LogP contribution in [0, 0.1) is 0 Å². The molecule has 3 atom stereocenters. The zero-order valence-corrected chi connectivity index (χ0v) is 16.2. The monoisotopic (exact) mass is 387 g/mol. The highest BCUT2D eigenvalue weighted by molar-refractivity contribution is 5.98. The van der Waals surface area contributed by atoms with Crippen molar-refractivity contribution >= 4 is 23.5 Å². The molecular formula is C20H29N5O3. The molecule has 2 saturated heterocycles. The van der Waals surface area contributed by atoms with Gasteiger partial charge >= 0.3 is 6.03 Å². The molecule has 0 spiro atoms. The van der Waals surface area contributed by atoms with Crippen LogP contribution in [-0.4, -0.2) is 54.0 Å². The lowest BCUT2D eigenvalue weighted by molar-refractivity contribution is -0.147. The Bertz CT molecular complexity index is 738. The van der Waals surface area contributed by atoms with E-state index in [1.165, 1.54) is 0 Å². The van der Waals surface area contributed by atoms with Crippen LogP contribution in [0.25, 0.3) is 0 Å². The number of anilines is 1. The van der Waals surface area contributed by atoms with Crippen LogP contribution >= 0.6 is 0 Å². The van der Waals surface area contributed by atoms with Gasteiger partial charge in [0.15, 0.2) is 0 Å². The maximum Gasteiger partial charge on any atom is 0.319 e. The van der Waals surface area contributed by atoms with Gasteiger partial charge in [0.2, 0.25) is 11.8 Å². The normalized spacial score (nSPS) is 23.9. The Labute approximate surface area is 165 Å². The van der Waals surface area contributed by atoms with Gasteiger partial charge in [0.25, 0.3) is 0 Å². The summed E-state index contributed by atoms with van der Waals surface area (Å²) in [5.41, 5.74) is 7.36. The van der Waals surface area contributed by atoms with Crippen molar-refractivity contribution in [1.29, 1.82) is 0 Å². The summed E-state index contributed by atoms with van der Waals surface area (Å²) in [6.07, 6.45) is 3.53. The van der Waals surface area contributed by atoms with E-state index in [0.29, 0.717) is 25.9 Å². The van der Waals surface area contributed by atoms with E-state index < -0.39 is 12.1 Å². The number of carbonyl (C=O) groups excluding carboxylic acids is 3. The van der Waals surface area contributed by atoms with Gasteiger partial charge in [0.05, 0.1) is 6.04 Å². The molecule has 0 aromatic heterocycles. The summed E-state index contributed by atoms with van der Waals surface area (Å²) < 4.78 is 0. The fourth-order valence-corrected chi connectivity index (χ4v) is 3.87. The average Bonchev–Trinajstić information content (AvgIpc) is 3.10. The van der Waals surface area contributed by atoms with Crippen molar-refractivity contribution in [3.63, 3.8) is 0 Å². The molecule has 1 aromatic rings. The van der Waals surface area contributed by atoms with Crippen LogP contribution in [0.1, 0.15) is 38.2 Å². The SMILES string of the molecule is CCc1cccc(NC(=O)N[C@H]2C[C@H]3C(=O)N[C@@H](CCCCN)C(=O)N3C2)c1. The summed E-state index contributed by atoms with van der Waals surface area (Å²) in [5, 5.41) is 8.54. The first-order chi connectivity index (χ1) is 13.5. The van der Waals surface area contributed by atoms with Crippen LogP contribution in [0.4, 0.5) is 10.5 Å². The second-order valence-electron chi connectivity index (χ2n) is 7.44. The first kappa shape index (κ1) is 20.1. The molecule has 2 fully saturated rings. The first-order valence-electron chi connectivity index (χ1n) is 9.99. The van der Waals surface area contributed by atoms with Crippen molar-refractivity contribution in [2.75, 3.05) is 18.4 Å². The lowest BCUT2D eigenvalue weighted by atomic mass is 10.0. The maximum atomic E-state index is 12.7. The topological polar surface area (TPSA) is 117 Å². The Hall–Kier alpha value is -2.61. The predicted molar refractivity (Wildman–Crippen MR) is 107 cm³/mol. The van der Waals surface area contributed by atoms with E-state index in [4.69, 9.17) is 5.73 Å². The van der Waals surface area contributed by atoms with Crippen LogP contribution < -0.4 is 21.7 Å². The number of benzene rings is 1. The number of piperazine rings is 1. The molecule has 0 unspecified atom stereocenters. The van der Waals surface area contributed by atoms with Gasteiger partial charge in [-0.2, -0.15) is 0 Å². The van der Waals surface area contributed by atoms with E-state index in [1.807, 2.05) is 24.3 Å². The molecule has 28 heavy (non-hydrogen) atoms. The van der Waals surface area contributed by atoms with Crippen LogP contribution in [0.2, 0.25) is 0 Å². The van der Waals surface area contributed by atoms with Gasteiger partial charge in [0.1, 0.15) is 12.1 Å². The van der Waals surface area contributed by atoms with Crippen LogP contribution in [0.3, 0.4) is 0 Å². The summed E-state index contributed by atoms with van der Waals surface area (Å²) in [6, 6.07) is 6.10. The molecule has 152 valence electrons. The van der Waals surface area contributed by atoms with Gasteiger partial charge in [-0.1, -0.05) is 19.1 Å². The van der Waals surface area contributed by atoms with Crippen molar-refractivity contribution in [2.24, 2.45) is 5.73 Å². The Morgan fingerprint density at radius 1 is 1.32 bits per heavy atom. The van der Waals surface area contributed by atoms with Gasteiger partial charge in [0, 0.05) is 12.2 Å². The third kappa shape index (κ3) is 4.62. The maximum absolute atomic E-state index is 12.7. The Kier molecular flexibility index (Phi) is 6.51. The number of nitrogens with two attached hydrogens (primary N) is 1. The standard InChI is InChI=1S/C20H29N5O3/c1-2-13-6-5-7-14(10-13)22-20(28)23-15-11-17-18(26)24-16(8-3-4-9-21)19(27)25(17)12-15/h5-7,10,15-17H,2-4,8-9,11-12,21H2,1H3,(H,24,26)(H2,22,23,28)/t15-,16-,17-/m0/s1. The number of urea groups is 1. The fourth-order valence-electron chi connectivity index (χ4n) is 3.87. The van der Waals surface area contributed by atoms with E-state index >= 15 is 0 Å². The van der Waals surface area contributed by atoms with Crippen LogP contribution in [-0.2, 0) is 16.0 Å². The van der Waals surface area contributed by atoms with Crippen molar-refractivity contribution in [3.8, 4) is 0 Å². The minimum Gasteiger partial charge on any atom is -0.343 e. The van der Waals surface area contributed by atoms with E-state index in [2.05, 4.69) is 22.9 Å². The third-order valence-corrected chi connectivity index (χ3v) is 5.38. The number of unbranched alkanes of at least 4 members (excludes halogenated alkanes) is 1. The Morgan fingerprint density at radius 2 is 2.14 bits per heavy atom. The number of nitrogens with one attached hydrogen (secondary N) is 3. The summed E-state index contributed by atoms with van der Waals surface area (Å²) >= 11 is 0. The summed E-state index contributed by atoms with van der Waals surface area (Å²) in [7, 11) is 0. The van der Waals surface area contributed by atoms with E-state index in [1.54, 1.807) is 4.90 Å². The number of hydrogen-bond acceptors (Lipinski definition) is 4. The second kappa shape index (κ2) is 9.05. The largest absolute Gasteiger partial charge is 0.343 e. The van der Waals surface area contributed by atoms with Gasteiger partial charge in [-0.15, -0.1) is 0 Å². The van der Waals surface area contributed by atoms with Crippen LogP contribution in [0.5, 0.6) is 0 Å². The van der Waals surface area contributed by atoms with Crippen molar-refractivity contribution in [1.82, 2.24) is 15.5 Å². The average molecular weight is 387 g/mol. The van der Waals surface area contributed by atoms with Crippen molar-refractivity contribution < 1.29 is 14.4 Å². The molecule has 5 N–H and O–H groups in total. The van der Waals surface area contributed by atoms with Gasteiger partial charge in [-0.05, 0) is 56.3 Å². The van der Waals surface area contributed by atoms with Crippen molar-refractivity contribution in [3.05, 3.63) is 29.8 Å². The smallest absolute Gasteiger partial charge is 0.319 e. The molecular weight excluding hydrogens is 358 g/mol. The number of rotatable bonds is 7. The minimum atomic E-state index is -0.507.